The van der Waals surface area contributed by atoms with Gasteiger partial charge in [0.15, 0.2) is 0 Å². The van der Waals surface area contributed by atoms with Gasteiger partial charge in [0.1, 0.15) is 12.6 Å². The normalized spacial score (nSPS) is 11.8. The first-order valence-corrected chi connectivity index (χ1v) is 5.39. The molecule has 17 heavy (non-hydrogen) atoms. The number of ether oxygens (including phenoxy) is 2. The Hall–Kier alpha value is -1.65. The molecule has 1 rings (SSSR count). The van der Waals surface area contributed by atoms with E-state index in [1.165, 1.54) is 0 Å². The molecule has 1 aromatic carbocycles. The minimum Gasteiger partial charge on any atom is -0.460 e. The molecule has 0 fully saturated rings. The Kier molecular flexibility index (Phi) is 5.99. The molecule has 0 unspecified atom stereocenters. The predicted molar refractivity (Wildman–Crippen MR) is 65.2 cm³/mol. The summed E-state index contributed by atoms with van der Waals surface area (Å²) in [5, 5.41) is 0. The average Bonchev–Trinajstić information content (AvgIpc) is 2.37. The van der Waals surface area contributed by atoms with E-state index < -0.39 is 12.0 Å². The van der Waals surface area contributed by atoms with E-state index >= 15 is 0 Å². The van der Waals surface area contributed by atoms with Crippen molar-refractivity contribution in [2.45, 2.75) is 12.6 Å². The van der Waals surface area contributed by atoms with Gasteiger partial charge in [0.05, 0.1) is 13.2 Å². The van der Waals surface area contributed by atoms with E-state index in [0.29, 0.717) is 6.61 Å². The molecule has 0 spiro atoms. The largest absolute Gasteiger partial charge is 0.460 e. The van der Waals surface area contributed by atoms with E-state index in [0.717, 1.165) is 5.56 Å². The number of rotatable bonds is 7. The van der Waals surface area contributed by atoms with Crippen molar-refractivity contribution in [1.82, 2.24) is 0 Å². The van der Waals surface area contributed by atoms with Crippen LogP contribution in [0.25, 0.3) is 0 Å². The van der Waals surface area contributed by atoms with Crippen molar-refractivity contribution in [3.63, 3.8) is 0 Å². The summed E-state index contributed by atoms with van der Waals surface area (Å²) in [6.45, 7) is 4.24. The Morgan fingerprint density at radius 1 is 1.41 bits per heavy atom. The quantitative estimate of drug-likeness (QED) is 0.439. The van der Waals surface area contributed by atoms with Gasteiger partial charge in [-0.25, -0.2) is 0 Å². The standard InChI is InChI=1S/C13H17NO3/c1-2-8-16-10-12(14)13(15)17-9-11-6-4-3-5-7-11/h2-7,12H,1,8-10,14H2/t12-/m0/s1. The highest BCUT2D eigenvalue weighted by atomic mass is 16.5. The molecule has 0 heterocycles. The van der Waals surface area contributed by atoms with Crippen LogP contribution in [0.4, 0.5) is 0 Å². The highest BCUT2D eigenvalue weighted by Gasteiger charge is 2.14. The van der Waals surface area contributed by atoms with Gasteiger partial charge >= 0.3 is 5.97 Å². The highest BCUT2D eigenvalue weighted by molar-refractivity contribution is 5.75. The van der Waals surface area contributed by atoms with E-state index in [4.69, 9.17) is 15.2 Å². The van der Waals surface area contributed by atoms with Crippen LogP contribution in [0.5, 0.6) is 0 Å². The second-order valence-corrected chi connectivity index (χ2v) is 3.53. The number of nitrogens with two attached hydrogens (primary N) is 1. The van der Waals surface area contributed by atoms with Gasteiger partial charge in [-0.15, -0.1) is 6.58 Å². The van der Waals surface area contributed by atoms with Crippen LogP contribution in [-0.4, -0.2) is 25.2 Å². The highest BCUT2D eigenvalue weighted by Crippen LogP contribution is 2.01. The first kappa shape index (κ1) is 13.4. The molecule has 0 aliphatic heterocycles. The van der Waals surface area contributed by atoms with Gasteiger partial charge in [0.2, 0.25) is 0 Å². The maximum Gasteiger partial charge on any atom is 0.325 e. The predicted octanol–water partition coefficient (Wildman–Crippen LogP) is 1.26. The van der Waals surface area contributed by atoms with Gasteiger partial charge in [-0.1, -0.05) is 36.4 Å². The number of esters is 1. The van der Waals surface area contributed by atoms with Gasteiger partial charge < -0.3 is 15.2 Å². The van der Waals surface area contributed by atoms with E-state index in [1.807, 2.05) is 30.3 Å². The molecule has 1 aromatic rings. The van der Waals surface area contributed by atoms with Crippen LogP contribution in [0.3, 0.4) is 0 Å². The first-order chi connectivity index (χ1) is 8.24. The van der Waals surface area contributed by atoms with Crippen molar-refractivity contribution < 1.29 is 14.3 Å². The number of hydrogen-bond acceptors (Lipinski definition) is 4. The SMILES string of the molecule is C=CCOC[C@H](N)C(=O)OCc1ccccc1. The molecule has 0 aliphatic rings. The molecule has 4 heteroatoms. The van der Waals surface area contributed by atoms with Crippen molar-refractivity contribution in [2.24, 2.45) is 5.73 Å². The molecule has 0 radical (unpaired) electrons. The molecular formula is C13H17NO3. The number of hydrogen-bond donors (Lipinski definition) is 1. The van der Waals surface area contributed by atoms with Crippen molar-refractivity contribution >= 4 is 5.97 Å². The zero-order chi connectivity index (χ0) is 12.5. The van der Waals surface area contributed by atoms with Gasteiger partial charge in [-0.05, 0) is 5.56 Å². The van der Waals surface area contributed by atoms with E-state index in [-0.39, 0.29) is 13.2 Å². The summed E-state index contributed by atoms with van der Waals surface area (Å²) in [5.74, 6) is -0.460. The second kappa shape index (κ2) is 7.60. The number of carbonyl (C=O) groups excluding carboxylic acids is 1. The van der Waals surface area contributed by atoms with Crippen molar-refractivity contribution in [3.8, 4) is 0 Å². The monoisotopic (exact) mass is 235 g/mol. The van der Waals surface area contributed by atoms with Crippen molar-refractivity contribution in [3.05, 3.63) is 48.6 Å². The topological polar surface area (TPSA) is 61.5 Å². The molecule has 4 nitrogen and oxygen atoms in total. The Morgan fingerprint density at radius 3 is 2.76 bits per heavy atom. The maximum atomic E-state index is 11.5. The van der Waals surface area contributed by atoms with Gasteiger partial charge in [-0.2, -0.15) is 0 Å². The summed E-state index contributed by atoms with van der Waals surface area (Å²) in [7, 11) is 0. The first-order valence-electron chi connectivity index (χ1n) is 5.39. The minimum atomic E-state index is -0.751. The van der Waals surface area contributed by atoms with Crippen LogP contribution in [0.1, 0.15) is 5.56 Å². The average molecular weight is 235 g/mol. The fourth-order valence-electron chi connectivity index (χ4n) is 1.18. The lowest BCUT2D eigenvalue weighted by atomic mass is 10.2. The van der Waals surface area contributed by atoms with Crippen LogP contribution in [-0.2, 0) is 20.9 Å². The zero-order valence-corrected chi connectivity index (χ0v) is 9.67. The van der Waals surface area contributed by atoms with Crippen LogP contribution in [0.2, 0.25) is 0 Å². The zero-order valence-electron chi connectivity index (χ0n) is 9.67. The summed E-state index contributed by atoms with van der Waals surface area (Å²) in [5.41, 5.74) is 6.52. The summed E-state index contributed by atoms with van der Waals surface area (Å²) in [4.78, 5) is 11.5. The third kappa shape index (κ3) is 5.29. The molecule has 0 bridgehead atoms. The molecule has 0 aromatic heterocycles. The van der Waals surface area contributed by atoms with Crippen LogP contribution in [0.15, 0.2) is 43.0 Å². The van der Waals surface area contributed by atoms with Crippen LogP contribution >= 0.6 is 0 Å². The molecule has 0 amide bonds. The maximum absolute atomic E-state index is 11.5. The Labute approximate surface area is 101 Å². The lowest BCUT2D eigenvalue weighted by Gasteiger charge is -2.11. The van der Waals surface area contributed by atoms with Crippen molar-refractivity contribution in [1.29, 1.82) is 0 Å². The summed E-state index contributed by atoms with van der Waals surface area (Å²) >= 11 is 0. The van der Waals surface area contributed by atoms with Crippen molar-refractivity contribution in [2.75, 3.05) is 13.2 Å². The number of benzene rings is 1. The van der Waals surface area contributed by atoms with E-state index in [1.54, 1.807) is 6.08 Å². The molecular weight excluding hydrogens is 218 g/mol. The molecule has 0 saturated heterocycles. The lowest BCUT2D eigenvalue weighted by molar-refractivity contribution is -0.147. The fourth-order valence-corrected chi connectivity index (χ4v) is 1.18. The van der Waals surface area contributed by atoms with E-state index in [2.05, 4.69) is 6.58 Å². The second-order valence-electron chi connectivity index (χ2n) is 3.53. The Balaban J connectivity index is 2.26. The van der Waals surface area contributed by atoms with Gasteiger partial charge in [0, 0.05) is 0 Å². The third-order valence-corrected chi connectivity index (χ3v) is 2.06. The molecule has 0 saturated carbocycles. The summed E-state index contributed by atoms with van der Waals surface area (Å²) in [6.07, 6.45) is 1.60. The van der Waals surface area contributed by atoms with Gasteiger partial charge in [0.25, 0.3) is 0 Å². The molecule has 1 atom stereocenters. The number of carbonyl (C=O) groups is 1. The third-order valence-electron chi connectivity index (χ3n) is 2.06. The van der Waals surface area contributed by atoms with Gasteiger partial charge in [-0.3, -0.25) is 4.79 Å². The Morgan fingerprint density at radius 2 is 2.12 bits per heavy atom. The van der Waals surface area contributed by atoms with Crippen LogP contribution in [0, 0.1) is 0 Å². The van der Waals surface area contributed by atoms with Crippen LogP contribution < -0.4 is 5.73 Å². The lowest BCUT2D eigenvalue weighted by Crippen LogP contribution is -2.36. The van der Waals surface area contributed by atoms with E-state index in [9.17, 15) is 4.79 Å². The molecule has 92 valence electrons. The summed E-state index contributed by atoms with van der Waals surface area (Å²) < 4.78 is 10.1. The Bertz CT molecular complexity index is 351. The molecule has 0 aliphatic carbocycles. The summed E-state index contributed by atoms with van der Waals surface area (Å²) in [6, 6.07) is 8.69. The minimum absolute atomic E-state index is 0.139. The molecule has 2 N–H and O–H groups in total. The fraction of sp³-hybridized carbons (Fsp3) is 0.308. The smallest absolute Gasteiger partial charge is 0.325 e.